The maximum atomic E-state index is 12.2. The molecule has 0 unspecified atom stereocenters. The summed E-state index contributed by atoms with van der Waals surface area (Å²) in [6, 6.07) is 5.46. The number of hydrogen-bond donors (Lipinski definition) is 2. The van der Waals surface area contributed by atoms with E-state index in [2.05, 4.69) is 15.8 Å². The second-order valence-electron chi connectivity index (χ2n) is 6.94. The van der Waals surface area contributed by atoms with E-state index in [0.29, 0.717) is 13.0 Å². The summed E-state index contributed by atoms with van der Waals surface area (Å²) in [6.07, 6.45) is 3.08. The molecule has 7 heteroatoms. The van der Waals surface area contributed by atoms with E-state index in [1.165, 1.54) is 0 Å². The van der Waals surface area contributed by atoms with Gasteiger partial charge in [-0.1, -0.05) is 11.2 Å². The number of nitrogens with one attached hydrogen (secondary N) is 2. The molecular formula is C20H26N4O3. The van der Waals surface area contributed by atoms with Crippen LogP contribution in [0.3, 0.4) is 0 Å². The Morgan fingerprint density at radius 2 is 2.11 bits per heavy atom. The highest BCUT2D eigenvalue weighted by atomic mass is 16.5. The second kappa shape index (κ2) is 8.24. The highest BCUT2D eigenvalue weighted by molar-refractivity contribution is 5.97. The first kappa shape index (κ1) is 18.9. The minimum absolute atomic E-state index is 0.133. The van der Waals surface area contributed by atoms with Gasteiger partial charge in [0.1, 0.15) is 5.76 Å². The van der Waals surface area contributed by atoms with Gasteiger partial charge in [0.15, 0.2) is 0 Å². The number of amides is 3. The average Bonchev–Trinajstić information content (AvgIpc) is 3.20. The highest BCUT2D eigenvalue weighted by Gasteiger charge is 2.22. The fraction of sp³-hybridized carbons (Fsp3) is 0.450. The van der Waals surface area contributed by atoms with Crippen molar-refractivity contribution < 1.29 is 14.1 Å². The number of urea groups is 1. The molecule has 0 saturated carbocycles. The number of hydrogen-bond acceptors (Lipinski definition) is 4. The Kier molecular flexibility index (Phi) is 5.78. The van der Waals surface area contributed by atoms with E-state index in [0.717, 1.165) is 59.8 Å². The van der Waals surface area contributed by atoms with Gasteiger partial charge in [0.25, 0.3) is 0 Å². The second-order valence-corrected chi connectivity index (χ2v) is 6.94. The molecule has 0 atom stereocenters. The monoisotopic (exact) mass is 370 g/mol. The van der Waals surface area contributed by atoms with Crippen LogP contribution in [0.2, 0.25) is 0 Å². The summed E-state index contributed by atoms with van der Waals surface area (Å²) < 4.78 is 5.15. The van der Waals surface area contributed by atoms with Gasteiger partial charge < -0.3 is 20.1 Å². The smallest absolute Gasteiger partial charge is 0.319 e. The number of aryl methyl sites for hydroxylation is 3. The molecule has 1 aromatic heterocycles. The Balaban J connectivity index is 1.52. The predicted octanol–water partition coefficient (Wildman–Crippen LogP) is 3.48. The van der Waals surface area contributed by atoms with Gasteiger partial charge in [-0.25, -0.2) is 4.79 Å². The molecular weight excluding hydrogens is 344 g/mol. The summed E-state index contributed by atoms with van der Waals surface area (Å²) in [5.41, 5.74) is 4.51. The molecule has 0 radical (unpaired) electrons. The number of aromatic nitrogens is 1. The summed E-state index contributed by atoms with van der Waals surface area (Å²) in [4.78, 5) is 25.9. The summed E-state index contributed by atoms with van der Waals surface area (Å²) in [6.45, 7) is 7.04. The Labute approximate surface area is 159 Å². The zero-order valence-corrected chi connectivity index (χ0v) is 16.1. The lowest BCUT2D eigenvalue weighted by atomic mass is 10.1. The van der Waals surface area contributed by atoms with Crippen LogP contribution in [0.4, 0.5) is 16.2 Å². The number of carbonyl (C=O) groups is 2. The van der Waals surface area contributed by atoms with E-state index in [-0.39, 0.29) is 11.9 Å². The van der Waals surface area contributed by atoms with Crippen molar-refractivity contribution in [3.05, 3.63) is 40.8 Å². The summed E-state index contributed by atoms with van der Waals surface area (Å²) in [7, 11) is 0. The van der Waals surface area contributed by atoms with Crippen LogP contribution in [-0.4, -0.2) is 30.2 Å². The lowest BCUT2D eigenvalue weighted by Gasteiger charge is -2.18. The van der Waals surface area contributed by atoms with Crippen molar-refractivity contribution in [1.29, 1.82) is 0 Å². The van der Waals surface area contributed by atoms with Crippen LogP contribution < -0.4 is 15.5 Å². The van der Waals surface area contributed by atoms with E-state index < -0.39 is 0 Å². The normalized spacial score (nSPS) is 13.9. The van der Waals surface area contributed by atoms with Gasteiger partial charge in [0.05, 0.1) is 5.69 Å². The zero-order valence-electron chi connectivity index (χ0n) is 16.1. The van der Waals surface area contributed by atoms with Crippen LogP contribution in [0.5, 0.6) is 0 Å². The third kappa shape index (κ3) is 4.48. The molecule has 2 heterocycles. The molecule has 3 rings (SSSR count). The summed E-state index contributed by atoms with van der Waals surface area (Å²) in [5.74, 6) is 0.967. The Morgan fingerprint density at radius 1 is 1.30 bits per heavy atom. The zero-order chi connectivity index (χ0) is 19.4. The number of carbonyl (C=O) groups excluding carboxylic acids is 2. The quantitative estimate of drug-likeness (QED) is 0.762. The van der Waals surface area contributed by atoms with E-state index in [1.807, 2.05) is 39.0 Å². The first-order chi connectivity index (χ1) is 13.0. The molecule has 27 heavy (non-hydrogen) atoms. The average molecular weight is 370 g/mol. The first-order valence-corrected chi connectivity index (χ1v) is 9.33. The van der Waals surface area contributed by atoms with Gasteiger partial charge in [-0.3, -0.25) is 4.79 Å². The van der Waals surface area contributed by atoms with Crippen molar-refractivity contribution in [2.75, 3.05) is 23.3 Å². The molecule has 3 amide bonds. The molecule has 144 valence electrons. The number of nitrogens with zero attached hydrogens (tertiary/aromatic N) is 2. The fourth-order valence-corrected chi connectivity index (χ4v) is 3.33. The van der Waals surface area contributed by atoms with Crippen LogP contribution in [0.15, 0.2) is 22.7 Å². The molecule has 0 bridgehead atoms. The van der Waals surface area contributed by atoms with Crippen molar-refractivity contribution >= 4 is 23.3 Å². The van der Waals surface area contributed by atoms with Crippen LogP contribution in [0.1, 0.15) is 41.8 Å². The maximum Gasteiger partial charge on any atom is 0.319 e. The first-order valence-electron chi connectivity index (χ1n) is 9.33. The number of anilines is 2. The predicted molar refractivity (Wildman–Crippen MR) is 104 cm³/mol. The third-order valence-corrected chi connectivity index (χ3v) is 4.92. The topological polar surface area (TPSA) is 87.5 Å². The van der Waals surface area contributed by atoms with Gasteiger partial charge in [0, 0.05) is 36.4 Å². The fourth-order valence-electron chi connectivity index (χ4n) is 3.33. The maximum absolute atomic E-state index is 12.2. The standard InChI is InChI=1S/C20H26N4O3/c1-13-8-9-16(24-11-5-7-19(24)25)12-18(13)22-20(26)21-10-4-6-17-14(2)23-27-15(17)3/h8-9,12H,4-7,10-11H2,1-3H3,(H2,21,22,26). The van der Waals surface area contributed by atoms with E-state index in [9.17, 15) is 9.59 Å². The molecule has 2 aromatic rings. The molecule has 7 nitrogen and oxygen atoms in total. The molecule has 0 aliphatic carbocycles. The number of rotatable bonds is 6. The lowest BCUT2D eigenvalue weighted by molar-refractivity contribution is -0.117. The molecule has 2 N–H and O–H groups in total. The van der Waals surface area contributed by atoms with E-state index in [1.54, 1.807) is 4.90 Å². The third-order valence-electron chi connectivity index (χ3n) is 4.92. The molecule has 1 aliphatic heterocycles. The van der Waals surface area contributed by atoms with Gasteiger partial charge in [-0.05, 0) is 57.7 Å². The largest absolute Gasteiger partial charge is 0.361 e. The Morgan fingerprint density at radius 3 is 2.78 bits per heavy atom. The molecule has 1 saturated heterocycles. The van der Waals surface area contributed by atoms with Crippen molar-refractivity contribution in [2.45, 2.75) is 46.5 Å². The summed E-state index contributed by atoms with van der Waals surface area (Å²) in [5, 5.41) is 9.70. The van der Waals surface area contributed by atoms with Crippen LogP contribution in [0.25, 0.3) is 0 Å². The van der Waals surface area contributed by atoms with Crippen LogP contribution >= 0.6 is 0 Å². The van der Waals surface area contributed by atoms with Crippen LogP contribution in [-0.2, 0) is 11.2 Å². The SMILES string of the molecule is Cc1ccc(N2CCCC2=O)cc1NC(=O)NCCCc1c(C)noc1C. The minimum atomic E-state index is -0.248. The van der Waals surface area contributed by atoms with Crippen molar-refractivity contribution in [3.8, 4) is 0 Å². The number of benzene rings is 1. The minimum Gasteiger partial charge on any atom is -0.361 e. The molecule has 1 fully saturated rings. The van der Waals surface area contributed by atoms with Gasteiger partial charge in [-0.15, -0.1) is 0 Å². The molecule has 0 spiro atoms. The lowest BCUT2D eigenvalue weighted by Crippen LogP contribution is -2.30. The highest BCUT2D eigenvalue weighted by Crippen LogP contribution is 2.26. The van der Waals surface area contributed by atoms with Gasteiger partial charge in [-0.2, -0.15) is 0 Å². The van der Waals surface area contributed by atoms with Gasteiger partial charge in [0.2, 0.25) is 5.91 Å². The van der Waals surface area contributed by atoms with E-state index in [4.69, 9.17) is 4.52 Å². The van der Waals surface area contributed by atoms with Crippen molar-refractivity contribution in [3.63, 3.8) is 0 Å². The van der Waals surface area contributed by atoms with E-state index >= 15 is 0 Å². The van der Waals surface area contributed by atoms with Gasteiger partial charge >= 0.3 is 6.03 Å². The van der Waals surface area contributed by atoms with Crippen molar-refractivity contribution in [1.82, 2.24) is 10.5 Å². The Bertz CT molecular complexity index is 824. The van der Waals surface area contributed by atoms with Crippen molar-refractivity contribution in [2.24, 2.45) is 0 Å². The Hall–Kier alpha value is -2.83. The molecule has 1 aliphatic rings. The summed E-state index contributed by atoms with van der Waals surface area (Å²) >= 11 is 0. The van der Waals surface area contributed by atoms with Crippen LogP contribution in [0, 0.1) is 20.8 Å². The molecule has 1 aromatic carbocycles.